The van der Waals surface area contributed by atoms with E-state index in [0.717, 1.165) is 11.4 Å². The first kappa shape index (κ1) is 8.91. The van der Waals surface area contributed by atoms with Crippen LogP contribution < -0.4 is 4.74 Å². The number of benzene rings is 2. The van der Waals surface area contributed by atoms with E-state index < -0.39 is 0 Å². The molecule has 1 N–H and O–H groups in total. The lowest BCUT2D eigenvalue weighted by Gasteiger charge is -2.05. The van der Waals surface area contributed by atoms with E-state index in [1.54, 1.807) is 24.3 Å². The Balaban J connectivity index is 1.91. The van der Waals surface area contributed by atoms with Crippen LogP contribution in [0.15, 0.2) is 52.7 Å². The monoisotopic (exact) mass is 212 g/mol. The van der Waals surface area contributed by atoms with Gasteiger partial charge in [0.1, 0.15) is 17.2 Å². The molecule has 1 heterocycles. The third-order valence-corrected chi connectivity index (χ3v) is 2.28. The van der Waals surface area contributed by atoms with Crippen LogP contribution >= 0.6 is 0 Å². The number of hydrogen-bond acceptors (Lipinski definition) is 4. The fourth-order valence-corrected chi connectivity index (χ4v) is 1.49. The van der Waals surface area contributed by atoms with Gasteiger partial charge in [-0.3, -0.25) is 0 Å². The summed E-state index contributed by atoms with van der Waals surface area (Å²) >= 11 is 0. The van der Waals surface area contributed by atoms with Gasteiger partial charge in [-0.05, 0) is 42.5 Å². The van der Waals surface area contributed by atoms with Crippen LogP contribution in [-0.4, -0.2) is 5.11 Å². The maximum atomic E-state index is 9.14. The predicted octanol–water partition coefficient (Wildman–Crippen LogP) is 3.91. The van der Waals surface area contributed by atoms with Crippen molar-refractivity contribution in [1.29, 1.82) is 0 Å². The normalized spacial score (nSPS) is 11.8. The molecule has 2 bridgehead atoms. The Kier molecular flexibility index (Phi) is 1.86. The van der Waals surface area contributed by atoms with Crippen LogP contribution in [0.1, 0.15) is 0 Å². The highest BCUT2D eigenvalue weighted by Gasteiger charge is 2.10. The molecule has 0 saturated heterocycles. The number of aromatic hydroxyl groups is 1. The lowest BCUT2D eigenvalue weighted by Crippen LogP contribution is -1.82. The smallest absolute Gasteiger partial charge is 0.155 e. The van der Waals surface area contributed by atoms with Crippen molar-refractivity contribution in [2.75, 3.05) is 0 Å². The third kappa shape index (κ3) is 1.50. The lowest BCUT2D eigenvalue weighted by molar-refractivity contribution is 0.465. The van der Waals surface area contributed by atoms with Gasteiger partial charge in [0.25, 0.3) is 0 Å². The second kappa shape index (κ2) is 3.34. The fraction of sp³-hybridized carbons (Fsp3) is 0. The summed E-state index contributed by atoms with van der Waals surface area (Å²) in [7, 11) is 0. The number of azo groups is 1. The number of phenolic OH excluding ortho intramolecular Hbond substituents is 1. The van der Waals surface area contributed by atoms with Gasteiger partial charge in [0, 0.05) is 0 Å². The molecule has 2 aromatic carbocycles. The van der Waals surface area contributed by atoms with Crippen molar-refractivity contribution in [3.8, 4) is 17.2 Å². The number of nitrogens with zero attached hydrogens (tertiary/aromatic N) is 2. The standard InChI is InChI=1S/C12H8N2O2/c15-9-2-4-10(5-3-9)16-12-6-1-8-7-11(12)14-13-8/h1-7,15H. The molecular weight excluding hydrogens is 204 g/mol. The van der Waals surface area contributed by atoms with Crippen LogP contribution in [0.5, 0.6) is 17.2 Å². The van der Waals surface area contributed by atoms with Crippen molar-refractivity contribution in [3.63, 3.8) is 0 Å². The molecule has 0 unspecified atom stereocenters. The molecule has 0 fully saturated rings. The van der Waals surface area contributed by atoms with Gasteiger partial charge in [-0.15, -0.1) is 5.11 Å². The number of phenols is 1. The van der Waals surface area contributed by atoms with Crippen molar-refractivity contribution in [1.82, 2.24) is 0 Å². The minimum atomic E-state index is 0.215. The van der Waals surface area contributed by atoms with Crippen molar-refractivity contribution in [2.45, 2.75) is 0 Å². The zero-order chi connectivity index (χ0) is 11.0. The average Bonchev–Trinajstić information content (AvgIpc) is 2.69. The zero-order valence-corrected chi connectivity index (χ0v) is 8.29. The molecule has 0 aliphatic carbocycles. The van der Waals surface area contributed by atoms with E-state index >= 15 is 0 Å². The van der Waals surface area contributed by atoms with Crippen molar-refractivity contribution in [2.24, 2.45) is 10.2 Å². The van der Waals surface area contributed by atoms with Gasteiger partial charge in [-0.1, -0.05) is 0 Å². The van der Waals surface area contributed by atoms with E-state index in [1.165, 1.54) is 0 Å². The van der Waals surface area contributed by atoms with Gasteiger partial charge in [0.05, 0.1) is 5.69 Å². The van der Waals surface area contributed by atoms with Gasteiger partial charge in [-0.2, -0.15) is 5.11 Å². The summed E-state index contributed by atoms with van der Waals surface area (Å²) in [4.78, 5) is 0. The molecular formula is C12H8N2O2. The topological polar surface area (TPSA) is 54.2 Å². The summed E-state index contributed by atoms with van der Waals surface area (Å²) in [5.41, 5.74) is 1.57. The largest absolute Gasteiger partial charge is 0.508 e. The molecule has 0 spiro atoms. The Morgan fingerprint density at radius 2 is 1.75 bits per heavy atom. The van der Waals surface area contributed by atoms with E-state index in [9.17, 15) is 0 Å². The van der Waals surface area contributed by atoms with Gasteiger partial charge in [0.2, 0.25) is 0 Å². The van der Waals surface area contributed by atoms with E-state index in [-0.39, 0.29) is 5.75 Å². The van der Waals surface area contributed by atoms with E-state index in [0.29, 0.717) is 11.5 Å². The van der Waals surface area contributed by atoms with Crippen LogP contribution in [0.4, 0.5) is 11.4 Å². The zero-order valence-electron chi connectivity index (χ0n) is 8.29. The minimum Gasteiger partial charge on any atom is -0.508 e. The van der Waals surface area contributed by atoms with Crippen molar-refractivity contribution in [3.05, 3.63) is 42.5 Å². The predicted molar refractivity (Wildman–Crippen MR) is 58.8 cm³/mol. The Morgan fingerprint density at radius 1 is 0.938 bits per heavy atom. The van der Waals surface area contributed by atoms with Gasteiger partial charge < -0.3 is 9.84 Å². The average molecular weight is 212 g/mol. The molecule has 0 radical (unpaired) electrons. The quantitative estimate of drug-likeness (QED) is 0.700. The Morgan fingerprint density at radius 3 is 2.56 bits per heavy atom. The van der Waals surface area contributed by atoms with Crippen LogP contribution in [-0.2, 0) is 0 Å². The van der Waals surface area contributed by atoms with Gasteiger partial charge in [-0.25, -0.2) is 0 Å². The summed E-state index contributed by atoms with van der Waals surface area (Å²) in [5.74, 6) is 1.53. The van der Waals surface area contributed by atoms with Crippen molar-refractivity contribution >= 4 is 11.4 Å². The SMILES string of the molecule is Oc1ccc(Oc2ccc3cc2N=N3)cc1. The molecule has 2 aromatic rings. The van der Waals surface area contributed by atoms with E-state index in [1.807, 2.05) is 18.2 Å². The minimum absolute atomic E-state index is 0.215. The number of ether oxygens (including phenoxy) is 1. The van der Waals surface area contributed by atoms with Gasteiger partial charge >= 0.3 is 0 Å². The first-order valence-corrected chi connectivity index (χ1v) is 4.84. The molecule has 0 atom stereocenters. The van der Waals surface area contributed by atoms with Crippen LogP contribution in [0.25, 0.3) is 0 Å². The molecule has 78 valence electrons. The molecule has 4 nitrogen and oxygen atoms in total. The first-order chi connectivity index (χ1) is 7.81. The summed E-state index contributed by atoms with van der Waals surface area (Å²) in [5, 5.41) is 17.0. The second-order valence-electron chi connectivity index (χ2n) is 3.45. The molecule has 0 aromatic heterocycles. The van der Waals surface area contributed by atoms with Crippen LogP contribution in [0.3, 0.4) is 0 Å². The highest BCUT2D eigenvalue weighted by atomic mass is 16.5. The molecule has 0 saturated carbocycles. The maximum absolute atomic E-state index is 9.14. The second-order valence-corrected chi connectivity index (χ2v) is 3.45. The first-order valence-electron chi connectivity index (χ1n) is 4.84. The van der Waals surface area contributed by atoms with Crippen LogP contribution in [0, 0.1) is 0 Å². The summed E-state index contributed by atoms with van der Waals surface area (Å²) in [6.07, 6.45) is 0. The molecule has 3 rings (SSSR count). The van der Waals surface area contributed by atoms with E-state index in [2.05, 4.69) is 10.2 Å². The molecule has 1 aliphatic rings. The Hall–Kier alpha value is -2.36. The molecule has 1 aliphatic heterocycles. The number of hydrogen-bond donors (Lipinski definition) is 1. The van der Waals surface area contributed by atoms with Gasteiger partial charge in [0.15, 0.2) is 5.75 Å². The Bertz CT molecular complexity index is 562. The Labute approximate surface area is 91.8 Å². The van der Waals surface area contributed by atoms with E-state index in [4.69, 9.17) is 9.84 Å². The number of fused-ring (bicyclic) bond motifs is 2. The molecule has 16 heavy (non-hydrogen) atoms. The third-order valence-electron chi connectivity index (χ3n) is 2.28. The lowest BCUT2D eigenvalue weighted by atomic mass is 10.3. The van der Waals surface area contributed by atoms with Crippen LogP contribution in [0.2, 0.25) is 0 Å². The van der Waals surface area contributed by atoms with Crippen molar-refractivity contribution < 1.29 is 9.84 Å². The highest BCUT2D eigenvalue weighted by molar-refractivity contribution is 5.63. The molecule has 0 amide bonds. The number of rotatable bonds is 2. The molecule has 4 heteroatoms. The highest BCUT2D eigenvalue weighted by Crippen LogP contribution is 2.40. The summed E-state index contributed by atoms with van der Waals surface area (Å²) in [6, 6.07) is 12.1. The fourth-order valence-electron chi connectivity index (χ4n) is 1.49. The summed E-state index contributed by atoms with van der Waals surface area (Å²) in [6.45, 7) is 0. The summed E-state index contributed by atoms with van der Waals surface area (Å²) < 4.78 is 5.62. The maximum Gasteiger partial charge on any atom is 0.155 e.